The molecule has 0 amide bonds. The zero-order valence-corrected chi connectivity index (χ0v) is 5.77. The van der Waals surface area contributed by atoms with Crippen molar-refractivity contribution in [3.8, 4) is 0 Å². The molecule has 11 heavy (non-hydrogen) atoms. The van der Waals surface area contributed by atoms with E-state index in [0.29, 0.717) is 0 Å². The Kier molecular flexibility index (Phi) is 1.03. The normalized spacial score (nSPS) is 10.5. The van der Waals surface area contributed by atoms with Crippen LogP contribution in [0, 0.1) is 0 Å². The second-order valence-corrected chi connectivity index (χ2v) is 2.31. The van der Waals surface area contributed by atoms with Crippen molar-refractivity contribution in [3.05, 3.63) is 41.1 Å². The van der Waals surface area contributed by atoms with Crippen molar-refractivity contribution < 1.29 is 0 Å². The van der Waals surface area contributed by atoms with Gasteiger partial charge in [-0.25, -0.2) is 9.47 Å². The van der Waals surface area contributed by atoms with Crippen LogP contribution in [0.5, 0.6) is 0 Å². The Morgan fingerprint density at radius 2 is 2.18 bits per heavy atom. The van der Waals surface area contributed by atoms with Crippen LogP contribution in [0.15, 0.2) is 35.4 Å². The van der Waals surface area contributed by atoms with E-state index in [4.69, 9.17) is 5.84 Å². The van der Waals surface area contributed by atoms with E-state index in [1.54, 1.807) is 18.5 Å². The number of nitrogens with two attached hydrogens (primary N) is 1. The van der Waals surface area contributed by atoms with Gasteiger partial charge >= 0.3 is 5.69 Å². The van der Waals surface area contributed by atoms with Gasteiger partial charge in [0.25, 0.3) is 0 Å². The van der Waals surface area contributed by atoms with Crippen LogP contribution in [0.1, 0.15) is 0 Å². The first kappa shape index (κ1) is 6.03. The molecule has 0 bridgehead atoms. The summed E-state index contributed by atoms with van der Waals surface area (Å²) in [6.07, 6.45) is 3.27. The fourth-order valence-corrected chi connectivity index (χ4v) is 1.06. The first-order valence-corrected chi connectivity index (χ1v) is 3.23. The van der Waals surface area contributed by atoms with Crippen LogP contribution >= 0.6 is 0 Å². The Balaban J connectivity index is 3.04. The molecular weight excluding hydrogens is 142 g/mol. The zero-order chi connectivity index (χ0) is 7.84. The van der Waals surface area contributed by atoms with Gasteiger partial charge in [-0.1, -0.05) is 6.07 Å². The standard InChI is InChI=1S/C7H7N3O/c8-10-5-6-3-1-2-4-9(6)7(10)11/h1-5H,8H2. The van der Waals surface area contributed by atoms with Gasteiger partial charge in [0.15, 0.2) is 0 Å². The fraction of sp³-hybridized carbons (Fsp3) is 0. The van der Waals surface area contributed by atoms with E-state index in [9.17, 15) is 4.79 Å². The van der Waals surface area contributed by atoms with Gasteiger partial charge in [0.2, 0.25) is 0 Å². The number of pyridine rings is 1. The molecule has 0 fully saturated rings. The van der Waals surface area contributed by atoms with Crippen molar-refractivity contribution in [2.24, 2.45) is 0 Å². The van der Waals surface area contributed by atoms with Crippen LogP contribution in [-0.4, -0.2) is 9.08 Å². The van der Waals surface area contributed by atoms with Crippen molar-refractivity contribution in [2.75, 3.05) is 5.84 Å². The monoisotopic (exact) mass is 149 g/mol. The van der Waals surface area contributed by atoms with E-state index in [0.717, 1.165) is 10.2 Å². The van der Waals surface area contributed by atoms with Gasteiger partial charge in [-0.05, 0) is 12.1 Å². The molecule has 0 aromatic carbocycles. The lowest BCUT2D eigenvalue weighted by Gasteiger charge is -1.86. The number of hydrogen-bond acceptors (Lipinski definition) is 2. The van der Waals surface area contributed by atoms with Crippen molar-refractivity contribution in [1.82, 2.24) is 9.08 Å². The zero-order valence-electron chi connectivity index (χ0n) is 5.77. The Morgan fingerprint density at radius 1 is 1.36 bits per heavy atom. The number of nitrogens with zero attached hydrogens (tertiary/aromatic N) is 2. The Labute approximate surface area is 62.5 Å². The van der Waals surface area contributed by atoms with Crippen LogP contribution in [0.3, 0.4) is 0 Å². The van der Waals surface area contributed by atoms with Gasteiger partial charge in [0.1, 0.15) is 0 Å². The Bertz CT molecular complexity index is 440. The highest BCUT2D eigenvalue weighted by molar-refractivity contribution is 5.44. The summed E-state index contributed by atoms with van der Waals surface area (Å²) in [6.45, 7) is 0. The molecule has 0 radical (unpaired) electrons. The molecule has 0 spiro atoms. The van der Waals surface area contributed by atoms with Gasteiger partial charge in [0.05, 0.1) is 11.7 Å². The molecule has 0 aliphatic heterocycles. The quantitative estimate of drug-likeness (QED) is 0.528. The number of nitrogen functional groups attached to an aromatic ring is 1. The second kappa shape index (κ2) is 1.88. The van der Waals surface area contributed by atoms with Gasteiger partial charge in [0, 0.05) is 6.20 Å². The lowest BCUT2D eigenvalue weighted by atomic mass is 10.4. The van der Waals surface area contributed by atoms with E-state index in [1.165, 1.54) is 4.40 Å². The average Bonchev–Trinajstić information content (AvgIpc) is 2.30. The summed E-state index contributed by atoms with van der Waals surface area (Å²) in [5.74, 6) is 5.34. The number of hydrogen-bond donors (Lipinski definition) is 1. The van der Waals surface area contributed by atoms with E-state index < -0.39 is 0 Å². The molecule has 56 valence electrons. The molecule has 0 atom stereocenters. The summed E-state index contributed by atoms with van der Waals surface area (Å²) < 4.78 is 2.55. The van der Waals surface area contributed by atoms with E-state index >= 15 is 0 Å². The second-order valence-electron chi connectivity index (χ2n) is 2.31. The molecule has 4 nitrogen and oxygen atoms in total. The fourth-order valence-electron chi connectivity index (χ4n) is 1.06. The van der Waals surface area contributed by atoms with E-state index in [1.807, 2.05) is 12.1 Å². The van der Waals surface area contributed by atoms with Crippen LogP contribution in [-0.2, 0) is 0 Å². The molecule has 0 aliphatic rings. The highest BCUT2D eigenvalue weighted by atomic mass is 16.2. The van der Waals surface area contributed by atoms with Crippen molar-refractivity contribution in [1.29, 1.82) is 0 Å². The summed E-state index contributed by atoms with van der Waals surface area (Å²) in [7, 11) is 0. The molecule has 2 heterocycles. The van der Waals surface area contributed by atoms with E-state index in [2.05, 4.69) is 0 Å². The summed E-state index contributed by atoms with van der Waals surface area (Å²) in [4.78, 5) is 11.1. The van der Waals surface area contributed by atoms with Crippen LogP contribution in [0.25, 0.3) is 5.52 Å². The highest BCUT2D eigenvalue weighted by Gasteiger charge is 1.98. The summed E-state index contributed by atoms with van der Waals surface area (Å²) >= 11 is 0. The Morgan fingerprint density at radius 3 is 2.91 bits per heavy atom. The molecule has 0 saturated carbocycles. The number of aromatic nitrogens is 2. The largest absolute Gasteiger partial charge is 0.351 e. The highest BCUT2D eigenvalue weighted by Crippen LogP contribution is 1.96. The molecule has 4 heteroatoms. The SMILES string of the molecule is Nn1cc2ccccn2c1=O. The first-order chi connectivity index (χ1) is 5.29. The third-order valence-electron chi connectivity index (χ3n) is 1.59. The maximum Gasteiger partial charge on any atom is 0.351 e. The van der Waals surface area contributed by atoms with Crippen LogP contribution < -0.4 is 11.5 Å². The first-order valence-electron chi connectivity index (χ1n) is 3.23. The molecule has 2 aromatic heterocycles. The Hall–Kier alpha value is -1.71. The van der Waals surface area contributed by atoms with Crippen LogP contribution in [0.2, 0.25) is 0 Å². The molecule has 0 aliphatic carbocycles. The smallest absolute Gasteiger partial charge is 0.335 e. The molecule has 0 unspecified atom stereocenters. The number of rotatable bonds is 0. The lowest BCUT2D eigenvalue weighted by molar-refractivity contribution is 0.901. The minimum Gasteiger partial charge on any atom is -0.335 e. The average molecular weight is 149 g/mol. The molecule has 2 rings (SSSR count). The topological polar surface area (TPSA) is 52.4 Å². The predicted octanol–water partition coefficient (Wildman–Crippen LogP) is -0.185. The maximum atomic E-state index is 11.1. The maximum absolute atomic E-state index is 11.1. The minimum absolute atomic E-state index is 0.222. The third-order valence-corrected chi connectivity index (χ3v) is 1.59. The number of fused-ring (bicyclic) bond motifs is 1. The predicted molar refractivity (Wildman–Crippen MR) is 41.8 cm³/mol. The van der Waals surface area contributed by atoms with Gasteiger partial charge in [-0.2, -0.15) is 0 Å². The molecular formula is C7H7N3O. The van der Waals surface area contributed by atoms with Gasteiger partial charge in [-0.15, -0.1) is 0 Å². The van der Waals surface area contributed by atoms with Gasteiger partial charge < -0.3 is 5.84 Å². The van der Waals surface area contributed by atoms with Crippen LogP contribution in [0.4, 0.5) is 0 Å². The van der Waals surface area contributed by atoms with Crippen molar-refractivity contribution >= 4 is 5.52 Å². The summed E-state index contributed by atoms with van der Waals surface area (Å²) in [5, 5.41) is 0. The molecule has 2 aromatic rings. The van der Waals surface area contributed by atoms with Crippen molar-refractivity contribution in [2.45, 2.75) is 0 Å². The molecule has 2 N–H and O–H groups in total. The van der Waals surface area contributed by atoms with E-state index in [-0.39, 0.29) is 5.69 Å². The van der Waals surface area contributed by atoms with Crippen molar-refractivity contribution in [3.63, 3.8) is 0 Å². The third kappa shape index (κ3) is 0.724. The lowest BCUT2D eigenvalue weighted by Crippen LogP contribution is -2.25. The summed E-state index contributed by atoms with van der Waals surface area (Å²) in [5.41, 5.74) is 0.584. The summed E-state index contributed by atoms with van der Waals surface area (Å²) in [6, 6.07) is 5.47. The molecule has 0 saturated heterocycles. The minimum atomic E-state index is -0.222. The van der Waals surface area contributed by atoms with Gasteiger partial charge in [-0.3, -0.25) is 4.40 Å². The number of imidazole rings is 1.